The minimum atomic E-state index is -0.297. The zero-order chi connectivity index (χ0) is 15.2. The summed E-state index contributed by atoms with van der Waals surface area (Å²) in [6.45, 7) is 2.29. The Labute approximate surface area is 128 Å². The maximum atomic E-state index is 12.9. The number of amides is 1. The molecular weight excluding hydrogens is 280 g/mol. The van der Waals surface area contributed by atoms with E-state index in [0.29, 0.717) is 12.5 Å². The molecule has 0 aliphatic carbocycles. The van der Waals surface area contributed by atoms with E-state index in [1.165, 1.54) is 0 Å². The average Bonchev–Trinajstić information content (AvgIpc) is 3.23. The molecule has 1 spiro atoms. The third kappa shape index (κ3) is 1.96. The summed E-state index contributed by atoms with van der Waals surface area (Å²) >= 11 is 0. The van der Waals surface area contributed by atoms with Gasteiger partial charge in [-0.25, -0.2) is 9.97 Å². The van der Waals surface area contributed by atoms with E-state index in [2.05, 4.69) is 20.0 Å². The third-order valence-corrected chi connectivity index (χ3v) is 4.70. The Kier molecular flexibility index (Phi) is 2.88. The summed E-state index contributed by atoms with van der Waals surface area (Å²) in [6, 6.07) is 1.81. The Hall–Kier alpha value is -2.44. The standard InChI is InChI=1S/C15H18N6O/c1-19-10-12(9-18-19)21-8-4-15(13(21)22)3-7-20(11-15)14-16-5-2-6-17-14/h2,5-6,9-10H,3-4,7-8,11H2,1H3/t15-/m0/s1. The molecule has 4 rings (SSSR count). The number of carbonyl (C=O) groups excluding carboxylic acids is 1. The molecule has 22 heavy (non-hydrogen) atoms. The molecule has 0 unspecified atom stereocenters. The number of nitrogens with zero attached hydrogens (tertiary/aromatic N) is 6. The smallest absolute Gasteiger partial charge is 0.235 e. The lowest BCUT2D eigenvalue weighted by Gasteiger charge is -2.23. The van der Waals surface area contributed by atoms with Crippen molar-refractivity contribution in [2.45, 2.75) is 12.8 Å². The molecule has 2 aromatic rings. The van der Waals surface area contributed by atoms with Crippen molar-refractivity contribution in [3.63, 3.8) is 0 Å². The van der Waals surface area contributed by atoms with Gasteiger partial charge in [0.15, 0.2) is 0 Å². The number of carbonyl (C=O) groups is 1. The first kappa shape index (κ1) is 13.2. The lowest BCUT2D eigenvalue weighted by Crippen LogP contribution is -2.37. The predicted molar refractivity (Wildman–Crippen MR) is 81.5 cm³/mol. The molecule has 0 aromatic carbocycles. The number of anilines is 2. The fourth-order valence-corrected chi connectivity index (χ4v) is 3.49. The molecule has 1 atom stereocenters. The van der Waals surface area contributed by atoms with Crippen LogP contribution in [0.4, 0.5) is 11.6 Å². The van der Waals surface area contributed by atoms with Crippen molar-refractivity contribution in [3.8, 4) is 0 Å². The molecule has 2 saturated heterocycles. The summed E-state index contributed by atoms with van der Waals surface area (Å²) in [6.07, 6.45) is 8.87. The second-order valence-electron chi connectivity index (χ2n) is 6.08. The Morgan fingerprint density at radius 1 is 1.18 bits per heavy atom. The van der Waals surface area contributed by atoms with Crippen molar-refractivity contribution in [1.29, 1.82) is 0 Å². The number of rotatable bonds is 2. The summed E-state index contributed by atoms with van der Waals surface area (Å²) in [4.78, 5) is 25.5. The van der Waals surface area contributed by atoms with Crippen molar-refractivity contribution in [2.24, 2.45) is 12.5 Å². The van der Waals surface area contributed by atoms with Crippen molar-refractivity contribution in [2.75, 3.05) is 29.4 Å². The molecule has 0 saturated carbocycles. The minimum absolute atomic E-state index is 0.207. The van der Waals surface area contributed by atoms with Gasteiger partial charge < -0.3 is 9.80 Å². The van der Waals surface area contributed by atoms with Gasteiger partial charge in [0.25, 0.3) is 0 Å². The normalized spacial score (nSPS) is 24.7. The quantitative estimate of drug-likeness (QED) is 0.822. The van der Waals surface area contributed by atoms with Crippen LogP contribution in [0.15, 0.2) is 30.9 Å². The van der Waals surface area contributed by atoms with Crippen LogP contribution in [0.3, 0.4) is 0 Å². The van der Waals surface area contributed by atoms with Crippen molar-refractivity contribution in [3.05, 3.63) is 30.9 Å². The fourth-order valence-electron chi connectivity index (χ4n) is 3.49. The molecule has 2 fully saturated rings. The summed E-state index contributed by atoms with van der Waals surface area (Å²) in [7, 11) is 1.86. The van der Waals surface area contributed by atoms with Gasteiger partial charge in [-0.2, -0.15) is 5.10 Å². The van der Waals surface area contributed by atoms with Crippen LogP contribution in [-0.2, 0) is 11.8 Å². The van der Waals surface area contributed by atoms with Crippen LogP contribution in [0, 0.1) is 5.41 Å². The topological polar surface area (TPSA) is 67.2 Å². The van der Waals surface area contributed by atoms with Gasteiger partial charge in [0, 0.05) is 45.3 Å². The van der Waals surface area contributed by atoms with E-state index < -0.39 is 0 Å². The molecule has 7 heteroatoms. The zero-order valence-electron chi connectivity index (χ0n) is 12.5. The van der Waals surface area contributed by atoms with Gasteiger partial charge in [-0.15, -0.1) is 0 Å². The lowest BCUT2D eigenvalue weighted by atomic mass is 9.85. The molecule has 2 aromatic heterocycles. The highest BCUT2D eigenvalue weighted by Gasteiger charge is 2.51. The highest BCUT2D eigenvalue weighted by molar-refractivity contribution is 6.00. The summed E-state index contributed by atoms with van der Waals surface area (Å²) in [5.74, 6) is 0.922. The zero-order valence-corrected chi connectivity index (χ0v) is 12.5. The molecule has 4 heterocycles. The molecule has 2 aliphatic rings. The van der Waals surface area contributed by atoms with Gasteiger partial charge >= 0.3 is 0 Å². The first-order chi connectivity index (χ1) is 10.7. The molecule has 114 valence electrons. The van der Waals surface area contributed by atoms with Gasteiger partial charge in [0.05, 0.1) is 17.3 Å². The summed E-state index contributed by atoms with van der Waals surface area (Å²) in [5.41, 5.74) is 0.591. The van der Waals surface area contributed by atoms with Crippen molar-refractivity contribution < 1.29 is 4.79 Å². The molecular formula is C15H18N6O. The first-order valence-corrected chi connectivity index (χ1v) is 7.51. The fraction of sp³-hybridized carbons (Fsp3) is 0.467. The van der Waals surface area contributed by atoms with Gasteiger partial charge in [-0.3, -0.25) is 9.48 Å². The molecule has 0 bridgehead atoms. The highest BCUT2D eigenvalue weighted by Crippen LogP contribution is 2.42. The van der Waals surface area contributed by atoms with E-state index in [1.54, 1.807) is 29.3 Å². The van der Waals surface area contributed by atoms with E-state index in [4.69, 9.17) is 0 Å². The van der Waals surface area contributed by atoms with Crippen LogP contribution in [0.1, 0.15) is 12.8 Å². The SMILES string of the molecule is Cn1cc(N2CC[C@]3(CCN(c4ncccn4)C3)C2=O)cn1. The van der Waals surface area contributed by atoms with E-state index in [-0.39, 0.29) is 11.3 Å². The Morgan fingerprint density at radius 3 is 2.68 bits per heavy atom. The third-order valence-electron chi connectivity index (χ3n) is 4.70. The maximum absolute atomic E-state index is 12.9. The number of aryl methyl sites for hydroxylation is 1. The second kappa shape index (κ2) is 4.79. The lowest BCUT2D eigenvalue weighted by molar-refractivity contribution is -0.124. The molecule has 1 amide bonds. The summed E-state index contributed by atoms with van der Waals surface area (Å²) < 4.78 is 1.73. The van der Waals surface area contributed by atoms with E-state index in [1.807, 2.05) is 18.1 Å². The van der Waals surface area contributed by atoms with Gasteiger partial charge in [0.1, 0.15) is 0 Å². The number of hydrogen-bond acceptors (Lipinski definition) is 5. The Balaban J connectivity index is 1.55. The van der Waals surface area contributed by atoms with Gasteiger partial charge in [-0.1, -0.05) is 0 Å². The number of aromatic nitrogens is 4. The molecule has 7 nitrogen and oxygen atoms in total. The summed E-state index contributed by atoms with van der Waals surface area (Å²) in [5, 5.41) is 4.17. The average molecular weight is 298 g/mol. The van der Waals surface area contributed by atoms with Crippen LogP contribution < -0.4 is 9.80 Å². The van der Waals surface area contributed by atoms with Gasteiger partial charge in [0.2, 0.25) is 11.9 Å². The van der Waals surface area contributed by atoms with E-state index in [9.17, 15) is 4.79 Å². The van der Waals surface area contributed by atoms with Crippen molar-refractivity contribution in [1.82, 2.24) is 19.7 Å². The Morgan fingerprint density at radius 2 is 1.95 bits per heavy atom. The van der Waals surface area contributed by atoms with E-state index >= 15 is 0 Å². The van der Waals surface area contributed by atoms with Crippen LogP contribution in [0.5, 0.6) is 0 Å². The van der Waals surface area contributed by atoms with Crippen LogP contribution in [0.2, 0.25) is 0 Å². The van der Waals surface area contributed by atoms with Crippen molar-refractivity contribution >= 4 is 17.5 Å². The highest BCUT2D eigenvalue weighted by atomic mass is 16.2. The largest absolute Gasteiger partial charge is 0.340 e. The molecule has 2 aliphatic heterocycles. The first-order valence-electron chi connectivity index (χ1n) is 7.51. The second-order valence-corrected chi connectivity index (χ2v) is 6.08. The van der Waals surface area contributed by atoms with Crippen LogP contribution >= 0.6 is 0 Å². The maximum Gasteiger partial charge on any atom is 0.235 e. The molecule has 0 radical (unpaired) electrons. The predicted octanol–water partition coefficient (Wildman–Crippen LogP) is 0.843. The monoisotopic (exact) mass is 298 g/mol. The van der Waals surface area contributed by atoms with E-state index in [0.717, 1.165) is 31.6 Å². The Bertz CT molecular complexity index is 699. The van der Waals surface area contributed by atoms with Crippen LogP contribution in [-0.4, -0.2) is 45.3 Å². The number of hydrogen-bond donors (Lipinski definition) is 0. The minimum Gasteiger partial charge on any atom is -0.340 e. The van der Waals surface area contributed by atoms with Gasteiger partial charge in [-0.05, 0) is 18.9 Å². The van der Waals surface area contributed by atoms with Crippen LogP contribution in [0.25, 0.3) is 0 Å². The molecule has 0 N–H and O–H groups in total.